The van der Waals surface area contributed by atoms with Crippen LogP contribution < -0.4 is 0 Å². The monoisotopic (exact) mass is 349 g/mol. The maximum Gasteiger partial charge on any atom is 0.396 e. The number of carbonyl (C=O) groups excluding carboxylic acids is 2. The van der Waals surface area contributed by atoms with E-state index in [1.54, 1.807) is 0 Å². The number of aromatic hydroxyl groups is 1. The first-order valence-corrected chi connectivity index (χ1v) is 7.64. The minimum atomic E-state index is -4.67. The molecule has 10 heteroatoms. The van der Waals surface area contributed by atoms with Crippen LogP contribution in [-0.2, 0) is 10.4 Å². The van der Waals surface area contributed by atoms with Crippen LogP contribution in [0.5, 0.6) is 5.75 Å². The number of rotatable bonds is 0. The van der Waals surface area contributed by atoms with Crippen molar-refractivity contribution in [2.24, 2.45) is 0 Å². The van der Waals surface area contributed by atoms with Crippen LogP contribution >= 0.6 is 0 Å². The molecule has 9 nitrogen and oxygen atoms in total. The van der Waals surface area contributed by atoms with Gasteiger partial charge in [-0.25, -0.2) is 0 Å². The Labute approximate surface area is 135 Å². The lowest BCUT2D eigenvalue weighted by Crippen LogP contribution is -2.20. The number of fused-ring (bicyclic) bond motifs is 2. The first-order chi connectivity index (χ1) is 11.1. The van der Waals surface area contributed by atoms with E-state index < -0.39 is 22.0 Å². The molecule has 3 N–H and O–H groups in total. The third-order valence-electron chi connectivity index (χ3n) is 3.14. The van der Waals surface area contributed by atoms with Crippen LogP contribution in [0.15, 0.2) is 36.4 Å². The molecule has 0 unspecified atom stereocenters. The number of nitrogens with zero attached hydrogens (tertiary/aromatic N) is 2. The molecule has 0 radical (unpaired) electrons. The summed E-state index contributed by atoms with van der Waals surface area (Å²) in [7, 11) is -4.67. The van der Waals surface area contributed by atoms with Gasteiger partial charge in [0.2, 0.25) is 11.2 Å². The van der Waals surface area contributed by atoms with Gasteiger partial charge in [-0.2, -0.15) is 8.42 Å². The second-order valence-corrected chi connectivity index (χ2v) is 5.50. The van der Waals surface area contributed by atoms with Crippen molar-refractivity contribution < 1.29 is 32.2 Å². The van der Waals surface area contributed by atoms with Crippen molar-refractivity contribution in [3.63, 3.8) is 0 Å². The van der Waals surface area contributed by atoms with Gasteiger partial charge in [-0.05, 0) is 12.1 Å². The summed E-state index contributed by atoms with van der Waals surface area (Å²) in [6, 6.07) is 8.74. The number of phenols is 1. The number of benzene rings is 2. The molecule has 2 aromatic carbocycles. The second-order valence-electron chi connectivity index (χ2n) is 4.61. The number of hydrogen-bond acceptors (Lipinski definition) is 6. The highest BCUT2D eigenvalue weighted by atomic mass is 32.3. The maximum absolute atomic E-state index is 12.4. The topological polar surface area (TPSA) is 157 Å². The number of hydrogen-bond donors (Lipinski definition) is 3. The van der Waals surface area contributed by atoms with Crippen LogP contribution in [0.2, 0.25) is 0 Å². The molecule has 0 aliphatic heterocycles. The SMILES string of the molecule is N#[N+]c1cccc2c1C(=O)c1cccc(O)c1C2=O.O=S(=O)(O)O. The van der Waals surface area contributed by atoms with E-state index in [1.807, 2.05) is 0 Å². The minimum Gasteiger partial charge on any atom is -0.507 e. The lowest BCUT2D eigenvalue weighted by Gasteiger charge is -2.16. The van der Waals surface area contributed by atoms with Crippen molar-refractivity contribution in [2.75, 3.05) is 0 Å². The third-order valence-corrected chi connectivity index (χ3v) is 3.14. The summed E-state index contributed by atoms with van der Waals surface area (Å²) < 4.78 is 31.6. The van der Waals surface area contributed by atoms with Gasteiger partial charge in [-0.15, -0.1) is 0 Å². The van der Waals surface area contributed by atoms with Gasteiger partial charge in [0.15, 0.2) is 10.8 Å². The summed E-state index contributed by atoms with van der Waals surface area (Å²) in [5.74, 6) is -1.12. The van der Waals surface area contributed by atoms with Crippen LogP contribution in [0, 0.1) is 5.39 Å². The molecule has 2 aromatic rings. The largest absolute Gasteiger partial charge is 0.507 e. The van der Waals surface area contributed by atoms with Gasteiger partial charge >= 0.3 is 16.1 Å². The first kappa shape index (κ1) is 17.2. The summed E-state index contributed by atoms with van der Waals surface area (Å²) in [5, 5.41) is 18.7. The Morgan fingerprint density at radius 1 is 0.875 bits per heavy atom. The van der Waals surface area contributed by atoms with E-state index in [0.717, 1.165) is 0 Å². The zero-order valence-corrected chi connectivity index (χ0v) is 12.6. The predicted molar refractivity (Wildman–Crippen MR) is 80.3 cm³/mol. The number of diazo groups is 1. The molecule has 1 aliphatic carbocycles. The molecule has 1 aliphatic rings. The molecule has 0 saturated carbocycles. The minimum absolute atomic E-state index is 0.00455. The van der Waals surface area contributed by atoms with Gasteiger partial charge < -0.3 is 5.11 Å². The van der Waals surface area contributed by atoms with E-state index in [0.29, 0.717) is 0 Å². The number of phenolic OH excluding ortho intramolecular Hbond substituents is 1. The van der Waals surface area contributed by atoms with E-state index in [9.17, 15) is 14.7 Å². The van der Waals surface area contributed by atoms with E-state index in [4.69, 9.17) is 22.9 Å². The molecule has 0 heterocycles. The lowest BCUT2D eigenvalue weighted by molar-refractivity contribution is 0.0977. The van der Waals surface area contributed by atoms with Crippen LogP contribution in [0.1, 0.15) is 31.8 Å². The van der Waals surface area contributed by atoms with Crippen molar-refractivity contribution >= 4 is 27.7 Å². The van der Waals surface area contributed by atoms with Crippen molar-refractivity contribution in [1.29, 1.82) is 5.39 Å². The zero-order chi connectivity index (χ0) is 18.1. The van der Waals surface area contributed by atoms with Crippen LogP contribution in [0.25, 0.3) is 4.98 Å². The molecule has 24 heavy (non-hydrogen) atoms. The Morgan fingerprint density at radius 3 is 1.88 bits per heavy atom. The quantitative estimate of drug-likeness (QED) is 0.411. The maximum atomic E-state index is 12.4. The summed E-state index contributed by atoms with van der Waals surface area (Å²) >= 11 is 0. The van der Waals surface area contributed by atoms with E-state index in [-0.39, 0.29) is 33.7 Å². The van der Waals surface area contributed by atoms with Crippen LogP contribution in [-0.4, -0.2) is 34.2 Å². The Hall–Kier alpha value is -3.13. The molecule has 0 bridgehead atoms. The van der Waals surface area contributed by atoms with Gasteiger partial charge in [-0.1, -0.05) is 18.2 Å². The molecule has 0 spiro atoms. The summed E-state index contributed by atoms with van der Waals surface area (Å²) in [6.07, 6.45) is 0. The zero-order valence-electron chi connectivity index (χ0n) is 11.7. The van der Waals surface area contributed by atoms with Crippen molar-refractivity contribution in [1.82, 2.24) is 0 Å². The number of carbonyl (C=O) groups is 2. The molecule has 0 fully saturated rings. The van der Waals surface area contributed by atoms with Gasteiger partial charge in [0.25, 0.3) is 0 Å². The van der Waals surface area contributed by atoms with Crippen molar-refractivity contribution in [3.8, 4) is 5.75 Å². The highest BCUT2D eigenvalue weighted by Crippen LogP contribution is 2.36. The fourth-order valence-corrected chi connectivity index (χ4v) is 2.29. The molecular formula is C14H9N2O7S+. The average Bonchev–Trinajstić information content (AvgIpc) is 2.50. The normalized spacial score (nSPS) is 12.4. The number of ketones is 2. The highest BCUT2D eigenvalue weighted by Gasteiger charge is 2.37. The lowest BCUT2D eigenvalue weighted by atomic mass is 9.83. The smallest absolute Gasteiger partial charge is 0.396 e. The van der Waals surface area contributed by atoms with Crippen molar-refractivity contribution in [2.45, 2.75) is 0 Å². The van der Waals surface area contributed by atoms with Crippen molar-refractivity contribution in [3.05, 3.63) is 63.6 Å². The van der Waals surface area contributed by atoms with Crippen LogP contribution in [0.4, 0.5) is 5.69 Å². The van der Waals surface area contributed by atoms with Gasteiger partial charge in [-0.3, -0.25) is 18.7 Å². The molecule has 0 atom stereocenters. The van der Waals surface area contributed by atoms with Gasteiger partial charge in [0.05, 0.1) is 5.56 Å². The van der Waals surface area contributed by atoms with E-state index in [1.165, 1.54) is 36.4 Å². The molecule has 0 aromatic heterocycles. The van der Waals surface area contributed by atoms with E-state index >= 15 is 0 Å². The summed E-state index contributed by atoms with van der Waals surface area (Å²) in [5.41, 5.74) is 0.357. The van der Waals surface area contributed by atoms with E-state index in [2.05, 4.69) is 4.98 Å². The van der Waals surface area contributed by atoms with Gasteiger partial charge in [0.1, 0.15) is 11.3 Å². The molecular weight excluding hydrogens is 340 g/mol. The second kappa shape index (κ2) is 6.17. The summed E-state index contributed by atoms with van der Waals surface area (Å²) in [6.45, 7) is 0. The fourth-order valence-electron chi connectivity index (χ4n) is 2.29. The third kappa shape index (κ3) is 3.28. The molecule has 0 amide bonds. The summed E-state index contributed by atoms with van der Waals surface area (Å²) in [4.78, 5) is 27.7. The van der Waals surface area contributed by atoms with Gasteiger partial charge in [0, 0.05) is 17.2 Å². The Balaban J connectivity index is 0.000000368. The Kier molecular flexibility index (Phi) is 4.43. The standard InChI is InChI=1S/C14H6N2O3.H2O4S/c15-16-9-5-1-3-7-11(9)13(18)8-4-2-6-10(17)12(8)14(7)19;1-5(2,3)4/h1-6H;(H2,1,2,3,4)/p+1. The fraction of sp³-hybridized carbons (Fsp3) is 0. The average molecular weight is 349 g/mol. The molecule has 3 rings (SSSR count). The predicted octanol–water partition coefficient (Wildman–Crippen LogP) is 2.00. The first-order valence-electron chi connectivity index (χ1n) is 6.24. The molecule has 122 valence electrons. The highest BCUT2D eigenvalue weighted by molar-refractivity contribution is 7.79. The molecule has 0 saturated heterocycles. The van der Waals surface area contributed by atoms with Crippen LogP contribution in [0.3, 0.4) is 0 Å². The Morgan fingerprint density at radius 2 is 1.33 bits per heavy atom. The Bertz CT molecular complexity index is 998.